The molecule has 4 heteroatoms. The van der Waals surface area contributed by atoms with E-state index in [9.17, 15) is 4.79 Å². The van der Waals surface area contributed by atoms with Gasteiger partial charge in [-0.1, -0.05) is 45.9 Å². The first-order valence-corrected chi connectivity index (χ1v) is 7.72. The fourth-order valence-corrected chi connectivity index (χ4v) is 2.23. The minimum absolute atomic E-state index is 0.176. The number of rotatable bonds is 7. The van der Waals surface area contributed by atoms with Crippen molar-refractivity contribution in [3.63, 3.8) is 0 Å². The summed E-state index contributed by atoms with van der Waals surface area (Å²) in [6.45, 7) is 12.2. The monoisotopic (exact) mass is 292 g/mol. The van der Waals surface area contributed by atoms with E-state index in [1.807, 2.05) is 6.92 Å². The number of nitrogens with one attached hydrogen (secondary N) is 2. The quantitative estimate of drug-likeness (QED) is 0.744. The number of amides is 2. The van der Waals surface area contributed by atoms with E-state index in [4.69, 9.17) is 4.74 Å². The average molecular weight is 292 g/mol. The van der Waals surface area contributed by atoms with Crippen molar-refractivity contribution in [2.24, 2.45) is 0 Å². The third-order valence-electron chi connectivity index (χ3n) is 3.35. The number of hydrogen-bond acceptors (Lipinski definition) is 2. The topological polar surface area (TPSA) is 50.4 Å². The lowest BCUT2D eigenvalue weighted by atomic mass is 9.93. The van der Waals surface area contributed by atoms with Crippen LogP contribution in [0.25, 0.3) is 0 Å². The number of ether oxygens (including phenoxy) is 1. The Bertz CT molecular complexity index is 430. The van der Waals surface area contributed by atoms with Crippen LogP contribution in [0.3, 0.4) is 0 Å². The summed E-state index contributed by atoms with van der Waals surface area (Å²) in [6.07, 6.45) is 0. The highest BCUT2D eigenvalue weighted by Gasteiger charge is 2.15. The smallest absolute Gasteiger partial charge is 0.319 e. The van der Waals surface area contributed by atoms with Gasteiger partial charge in [0, 0.05) is 18.8 Å². The van der Waals surface area contributed by atoms with Gasteiger partial charge in [0.05, 0.1) is 6.61 Å². The van der Waals surface area contributed by atoms with Crippen LogP contribution in [0.5, 0.6) is 0 Å². The van der Waals surface area contributed by atoms with Crippen LogP contribution in [-0.2, 0) is 4.74 Å². The Morgan fingerprint density at radius 3 is 2.19 bits per heavy atom. The maximum atomic E-state index is 12.0. The Kier molecular flexibility index (Phi) is 7.23. The molecule has 2 amide bonds. The number of urea groups is 1. The van der Waals surface area contributed by atoms with Gasteiger partial charge >= 0.3 is 6.03 Å². The second-order valence-corrected chi connectivity index (χ2v) is 5.70. The van der Waals surface area contributed by atoms with Gasteiger partial charge in [0.2, 0.25) is 0 Å². The first kappa shape index (κ1) is 17.5. The molecule has 0 aliphatic rings. The van der Waals surface area contributed by atoms with E-state index < -0.39 is 0 Å². The normalized spacial score (nSPS) is 11.0. The molecule has 0 spiro atoms. The Morgan fingerprint density at radius 2 is 1.71 bits per heavy atom. The second kappa shape index (κ2) is 8.67. The molecule has 0 atom stereocenters. The summed E-state index contributed by atoms with van der Waals surface area (Å²) in [7, 11) is 0. The highest BCUT2D eigenvalue weighted by Crippen LogP contribution is 2.32. The predicted molar refractivity (Wildman–Crippen MR) is 88.1 cm³/mol. The van der Waals surface area contributed by atoms with Crippen molar-refractivity contribution in [3.8, 4) is 0 Å². The maximum Gasteiger partial charge on any atom is 0.319 e. The van der Waals surface area contributed by atoms with E-state index in [2.05, 4.69) is 56.5 Å². The molecule has 0 unspecified atom stereocenters. The van der Waals surface area contributed by atoms with Crippen molar-refractivity contribution in [1.82, 2.24) is 5.32 Å². The van der Waals surface area contributed by atoms with Crippen LogP contribution in [-0.4, -0.2) is 25.8 Å². The summed E-state index contributed by atoms with van der Waals surface area (Å²) in [5.74, 6) is 0.727. The van der Waals surface area contributed by atoms with Crippen LogP contribution in [0.1, 0.15) is 57.6 Å². The zero-order valence-electron chi connectivity index (χ0n) is 13.8. The minimum Gasteiger partial charge on any atom is -0.380 e. The van der Waals surface area contributed by atoms with Gasteiger partial charge in [-0.2, -0.15) is 0 Å². The molecule has 0 fully saturated rings. The zero-order valence-corrected chi connectivity index (χ0v) is 13.8. The second-order valence-electron chi connectivity index (χ2n) is 5.70. The van der Waals surface area contributed by atoms with E-state index in [0.29, 0.717) is 31.6 Å². The van der Waals surface area contributed by atoms with Crippen molar-refractivity contribution in [1.29, 1.82) is 0 Å². The lowest BCUT2D eigenvalue weighted by molar-refractivity contribution is 0.150. The Morgan fingerprint density at radius 1 is 1.14 bits per heavy atom. The van der Waals surface area contributed by atoms with Crippen molar-refractivity contribution >= 4 is 11.7 Å². The molecule has 1 aromatic rings. The van der Waals surface area contributed by atoms with Gasteiger partial charge < -0.3 is 15.4 Å². The zero-order chi connectivity index (χ0) is 15.8. The maximum absolute atomic E-state index is 12.0. The van der Waals surface area contributed by atoms with Crippen LogP contribution < -0.4 is 10.6 Å². The van der Waals surface area contributed by atoms with Crippen LogP contribution in [0.4, 0.5) is 10.5 Å². The number of para-hydroxylation sites is 1. The Hall–Kier alpha value is -1.55. The standard InChI is InChI=1S/C17H28N2O2/c1-6-21-11-10-18-17(20)19-16-14(12(2)3)8-7-9-15(16)13(4)5/h7-9,12-13H,6,10-11H2,1-5H3,(H2,18,19,20). The fourth-order valence-electron chi connectivity index (χ4n) is 2.23. The molecule has 21 heavy (non-hydrogen) atoms. The summed E-state index contributed by atoms with van der Waals surface area (Å²) < 4.78 is 5.22. The first-order valence-electron chi connectivity index (χ1n) is 7.72. The van der Waals surface area contributed by atoms with Crippen molar-refractivity contribution < 1.29 is 9.53 Å². The summed E-state index contributed by atoms with van der Waals surface area (Å²) >= 11 is 0. The molecule has 118 valence electrons. The van der Waals surface area contributed by atoms with E-state index in [0.717, 1.165) is 5.69 Å². The molecule has 0 saturated carbocycles. The number of hydrogen-bond donors (Lipinski definition) is 2. The molecular weight excluding hydrogens is 264 g/mol. The molecule has 4 nitrogen and oxygen atoms in total. The molecule has 0 heterocycles. The van der Waals surface area contributed by atoms with Gasteiger partial charge in [-0.05, 0) is 29.9 Å². The van der Waals surface area contributed by atoms with Gasteiger partial charge in [0.25, 0.3) is 0 Å². The van der Waals surface area contributed by atoms with E-state index in [1.54, 1.807) is 0 Å². The van der Waals surface area contributed by atoms with Crippen molar-refractivity contribution in [3.05, 3.63) is 29.3 Å². The van der Waals surface area contributed by atoms with Gasteiger partial charge in [0.15, 0.2) is 0 Å². The molecule has 0 aliphatic heterocycles. The minimum atomic E-state index is -0.176. The third-order valence-corrected chi connectivity index (χ3v) is 3.35. The van der Waals surface area contributed by atoms with Gasteiger partial charge in [-0.3, -0.25) is 0 Å². The summed E-state index contributed by atoms with van der Waals surface area (Å²) in [5, 5.41) is 5.84. The molecular formula is C17H28N2O2. The Labute approximate surface area is 128 Å². The van der Waals surface area contributed by atoms with Crippen molar-refractivity contribution in [2.45, 2.75) is 46.5 Å². The lowest BCUT2D eigenvalue weighted by Gasteiger charge is -2.20. The largest absolute Gasteiger partial charge is 0.380 e. The number of carbonyl (C=O) groups is 1. The predicted octanol–water partition coefficient (Wildman–Crippen LogP) is 4.09. The lowest BCUT2D eigenvalue weighted by Crippen LogP contribution is -2.32. The van der Waals surface area contributed by atoms with Crippen LogP contribution >= 0.6 is 0 Å². The van der Waals surface area contributed by atoms with E-state index in [1.165, 1.54) is 11.1 Å². The molecule has 0 aromatic heterocycles. The van der Waals surface area contributed by atoms with Crippen LogP contribution in [0, 0.1) is 0 Å². The molecule has 1 rings (SSSR count). The molecule has 0 saturated heterocycles. The molecule has 1 aromatic carbocycles. The first-order chi connectivity index (χ1) is 9.97. The van der Waals surface area contributed by atoms with Crippen molar-refractivity contribution in [2.75, 3.05) is 25.1 Å². The van der Waals surface area contributed by atoms with Gasteiger partial charge in [-0.15, -0.1) is 0 Å². The molecule has 0 aliphatic carbocycles. The number of anilines is 1. The number of carbonyl (C=O) groups excluding carboxylic acids is 1. The Balaban J connectivity index is 2.82. The SMILES string of the molecule is CCOCCNC(=O)Nc1c(C(C)C)cccc1C(C)C. The third kappa shape index (κ3) is 5.38. The van der Waals surface area contributed by atoms with E-state index >= 15 is 0 Å². The fraction of sp³-hybridized carbons (Fsp3) is 0.588. The molecule has 0 radical (unpaired) electrons. The average Bonchev–Trinajstić information content (AvgIpc) is 2.43. The summed E-state index contributed by atoms with van der Waals surface area (Å²) in [5.41, 5.74) is 3.28. The van der Waals surface area contributed by atoms with Crippen LogP contribution in [0.2, 0.25) is 0 Å². The van der Waals surface area contributed by atoms with Crippen LogP contribution in [0.15, 0.2) is 18.2 Å². The molecule has 0 bridgehead atoms. The highest BCUT2D eigenvalue weighted by molar-refractivity contribution is 5.91. The van der Waals surface area contributed by atoms with E-state index in [-0.39, 0.29) is 6.03 Å². The van der Waals surface area contributed by atoms with Gasteiger partial charge in [0.1, 0.15) is 0 Å². The number of benzene rings is 1. The summed E-state index contributed by atoms with van der Waals surface area (Å²) in [6, 6.07) is 6.03. The molecule has 2 N–H and O–H groups in total. The van der Waals surface area contributed by atoms with Gasteiger partial charge in [-0.25, -0.2) is 4.79 Å². The summed E-state index contributed by atoms with van der Waals surface area (Å²) in [4.78, 5) is 12.0. The highest BCUT2D eigenvalue weighted by atomic mass is 16.5.